The minimum absolute atomic E-state index is 0.0794. The molecule has 14 heavy (non-hydrogen) atoms. The predicted octanol–water partition coefficient (Wildman–Crippen LogP) is 2.20. The number of nitro groups is 1. The van der Waals surface area contributed by atoms with Gasteiger partial charge in [-0.3, -0.25) is 0 Å². The topological polar surface area (TPSA) is 60.4 Å². The van der Waals surface area contributed by atoms with Crippen LogP contribution in [0.1, 0.15) is 5.56 Å². The van der Waals surface area contributed by atoms with Gasteiger partial charge in [-0.1, -0.05) is 11.6 Å². The standard InChI is InChI=1S/C8H6ClN3O2/c1-5-3-2-4-11-7(5)10-6(9)8(11)12(13)14/h2-4H,1H3. The summed E-state index contributed by atoms with van der Waals surface area (Å²) in [6.45, 7) is 1.82. The molecule has 72 valence electrons. The third-order valence-electron chi connectivity index (χ3n) is 1.95. The molecule has 0 aliphatic rings. The summed E-state index contributed by atoms with van der Waals surface area (Å²) >= 11 is 5.66. The number of halogens is 1. The number of rotatable bonds is 1. The maximum absolute atomic E-state index is 10.7. The van der Waals surface area contributed by atoms with Crippen LogP contribution in [0, 0.1) is 17.0 Å². The summed E-state index contributed by atoms with van der Waals surface area (Å²) in [5.41, 5.74) is 1.37. The van der Waals surface area contributed by atoms with E-state index in [-0.39, 0.29) is 11.0 Å². The van der Waals surface area contributed by atoms with Crippen molar-refractivity contribution in [3.63, 3.8) is 0 Å². The van der Waals surface area contributed by atoms with Crippen molar-refractivity contribution >= 4 is 23.1 Å². The summed E-state index contributed by atoms with van der Waals surface area (Å²) in [5.74, 6) is -0.189. The summed E-state index contributed by atoms with van der Waals surface area (Å²) in [6.07, 6.45) is 1.57. The van der Waals surface area contributed by atoms with Crippen LogP contribution >= 0.6 is 11.6 Å². The Labute approximate surface area is 84.1 Å². The van der Waals surface area contributed by atoms with Crippen LogP contribution in [-0.2, 0) is 0 Å². The van der Waals surface area contributed by atoms with Crippen molar-refractivity contribution in [2.45, 2.75) is 6.92 Å². The molecular weight excluding hydrogens is 206 g/mol. The molecule has 5 nitrogen and oxygen atoms in total. The SMILES string of the molecule is Cc1cccn2c([N+](=O)[O-])c(Cl)nc12. The van der Waals surface area contributed by atoms with E-state index in [0.29, 0.717) is 5.65 Å². The second-order valence-electron chi connectivity index (χ2n) is 2.87. The first-order valence-electron chi connectivity index (χ1n) is 3.89. The average Bonchev–Trinajstić information content (AvgIpc) is 2.42. The number of hydrogen-bond donors (Lipinski definition) is 0. The Morgan fingerprint density at radius 1 is 1.64 bits per heavy atom. The minimum atomic E-state index is -0.540. The van der Waals surface area contributed by atoms with Crippen molar-refractivity contribution in [3.8, 4) is 0 Å². The molecule has 6 heteroatoms. The van der Waals surface area contributed by atoms with Gasteiger partial charge in [-0.2, -0.15) is 9.38 Å². The van der Waals surface area contributed by atoms with E-state index in [9.17, 15) is 10.1 Å². The van der Waals surface area contributed by atoms with Crippen molar-refractivity contribution in [2.75, 3.05) is 0 Å². The fourth-order valence-corrected chi connectivity index (χ4v) is 1.57. The molecule has 0 amide bonds. The van der Waals surface area contributed by atoms with E-state index < -0.39 is 4.92 Å². The summed E-state index contributed by atoms with van der Waals surface area (Å²) in [6, 6.07) is 3.54. The predicted molar refractivity (Wildman–Crippen MR) is 51.6 cm³/mol. The van der Waals surface area contributed by atoms with E-state index in [4.69, 9.17) is 11.6 Å². The van der Waals surface area contributed by atoms with Gasteiger partial charge in [0, 0.05) is 5.56 Å². The first kappa shape index (κ1) is 8.96. The van der Waals surface area contributed by atoms with Gasteiger partial charge in [0.15, 0.2) is 0 Å². The smallest absolute Gasteiger partial charge is 0.358 e. The summed E-state index contributed by atoms with van der Waals surface area (Å²) in [7, 11) is 0. The molecule has 0 bridgehead atoms. The first-order valence-corrected chi connectivity index (χ1v) is 4.26. The fourth-order valence-electron chi connectivity index (χ4n) is 1.33. The van der Waals surface area contributed by atoms with Gasteiger partial charge in [-0.05, 0) is 24.0 Å². The van der Waals surface area contributed by atoms with Gasteiger partial charge in [0.1, 0.15) is 0 Å². The van der Waals surface area contributed by atoms with Crippen LogP contribution in [0.2, 0.25) is 5.15 Å². The molecular formula is C8H6ClN3O2. The molecule has 0 radical (unpaired) electrons. The monoisotopic (exact) mass is 211 g/mol. The molecule has 2 aromatic rings. The lowest BCUT2D eigenvalue weighted by Crippen LogP contribution is -1.94. The summed E-state index contributed by atoms with van der Waals surface area (Å²) < 4.78 is 1.37. The highest BCUT2D eigenvalue weighted by Gasteiger charge is 2.21. The maximum atomic E-state index is 10.7. The normalized spacial score (nSPS) is 10.7. The summed E-state index contributed by atoms with van der Waals surface area (Å²) in [5, 5.41) is 10.6. The van der Waals surface area contributed by atoms with Crippen LogP contribution in [-0.4, -0.2) is 14.3 Å². The molecule has 0 aromatic carbocycles. The molecule has 0 saturated heterocycles. The molecule has 2 rings (SSSR count). The molecule has 0 spiro atoms. The molecule has 0 N–H and O–H groups in total. The van der Waals surface area contributed by atoms with E-state index in [2.05, 4.69) is 4.98 Å². The Morgan fingerprint density at radius 3 is 3.00 bits per heavy atom. The fraction of sp³-hybridized carbons (Fsp3) is 0.125. The average molecular weight is 212 g/mol. The zero-order chi connectivity index (χ0) is 10.3. The number of imidazole rings is 1. The molecule has 2 heterocycles. The molecule has 0 aliphatic heterocycles. The third kappa shape index (κ3) is 1.13. The third-order valence-corrected chi connectivity index (χ3v) is 2.21. The number of aryl methyl sites for hydroxylation is 1. The van der Waals surface area contributed by atoms with Crippen LogP contribution in [0.3, 0.4) is 0 Å². The van der Waals surface area contributed by atoms with Crippen LogP contribution in [0.25, 0.3) is 5.65 Å². The van der Waals surface area contributed by atoms with E-state index >= 15 is 0 Å². The van der Waals surface area contributed by atoms with Crippen LogP contribution < -0.4 is 0 Å². The Kier molecular flexibility index (Phi) is 1.89. The van der Waals surface area contributed by atoms with Crippen LogP contribution in [0.5, 0.6) is 0 Å². The Morgan fingerprint density at radius 2 is 2.36 bits per heavy atom. The molecule has 0 aliphatic carbocycles. The van der Waals surface area contributed by atoms with Gasteiger partial charge in [-0.15, -0.1) is 0 Å². The minimum Gasteiger partial charge on any atom is -0.358 e. The van der Waals surface area contributed by atoms with Crippen molar-refractivity contribution in [1.82, 2.24) is 9.38 Å². The maximum Gasteiger partial charge on any atom is 0.367 e. The van der Waals surface area contributed by atoms with Gasteiger partial charge in [0.05, 0.1) is 6.20 Å². The number of pyridine rings is 1. The Balaban J connectivity index is 2.90. The van der Waals surface area contributed by atoms with Gasteiger partial charge in [-0.25, -0.2) is 0 Å². The van der Waals surface area contributed by atoms with Crippen molar-refractivity contribution in [2.24, 2.45) is 0 Å². The van der Waals surface area contributed by atoms with Crippen molar-refractivity contribution in [3.05, 3.63) is 39.2 Å². The Bertz CT molecular complexity index is 521. The second-order valence-corrected chi connectivity index (χ2v) is 3.23. The summed E-state index contributed by atoms with van der Waals surface area (Å²) in [4.78, 5) is 14.0. The van der Waals surface area contributed by atoms with Crippen molar-refractivity contribution in [1.29, 1.82) is 0 Å². The highest BCUT2D eigenvalue weighted by Crippen LogP contribution is 2.25. The largest absolute Gasteiger partial charge is 0.367 e. The van der Waals surface area contributed by atoms with Crippen LogP contribution in [0.4, 0.5) is 5.82 Å². The molecule has 0 saturated carbocycles. The molecule has 2 aromatic heterocycles. The number of hydrogen-bond acceptors (Lipinski definition) is 3. The quantitative estimate of drug-likeness (QED) is 0.537. The van der Waals surface area contributed by atoms with E-state index in [1.165, 1.54) is 4.40 Å². The van der Waals surface area contributed by atoms with E-state index in [0.717, 1.165) is 5.56 Å². The number of nitrogens with zero attached hydrogens (tertiary/aromatic N) is 3. The van der Waals surface area contributed by atoms with Crippen molar-refractivity contribution < 1.29 is 4.92 Å². The van der Waals surface area contributed by atoms with E-state index in [1.54, 1.807) is 12.3 Å². The molecule has 0 fully saturated rings. The second kappa shape index (κ2) is 2.95. The molecule has 0 atom stereocenters. The highest BCUT2D eigenvalue weighted by atomic mass is 35.5. The lowest BCUT2D eigenvalue weighted by atomic mass is 10.3. The first-order chi connectivity index (χ1) is 6.61. The van der Waals surface area contributed by atoms with Gasteiger partial charge < -0.3 is 10.1 Å². The number of aromatic nitrogens is 2. The van der Waals surface area contributed by atoms with Gasteiger partial charge >= 0.3 is 5.82 Å². The zero-order valence-electron chi connectivity index (χ0n) is 7.27. The van der Waals surface area contributed by atoms with E-state index in [1.807, 2.05) is 13.0 Å². The Hall–Kier alpha value is -1.62. The van der Waals surface area contributed by atoms with Gasteiger partial charge in [0.25, 0.3) is 0 Å². The van der Waals surface area contributed by atoms with Crippen LogP contribution in [0.15, 0.2) is 18.3 Å². The lowest BCUT2D eigenvalue weighted by Gasteiger charge is -1.94. The lowest BCUT2D eigenvalue weighted by molar-refractivity contribution is -0.390. The number of fused-ring (bicyclic) bond motifs is 1. The molecule has 0 unspecified atom stereocenters. The zero-order valence-corrected chi connectivity index (χ0v) is 8.02. The van der Waals surface area contributed by atoms with Gasteiger partial charge in [0.2, 0.25) is 10.8 Å². The highest BCUT2D eigenvalue weighted by molar-refractivity contribution is 6.31.